The summed E-state index contributed by atoms with van der Waals surface area (Å²) in [7, 11) is 0. The Morgan fingerprint density at radius 1 is 1.27 bits per heavy atom. The van der Waals surface area contributed by atoms with E-state index >= 15 is 0 Å². The highest BCUT2D eigenvalue weighted by molar-refractivity contribution is 5.42. The topological polar surface area (TPSA) is 58.4 Å². The van der Waals surface area contributed by atoms with E-state index in [2.05, 4.69) is 5.32 Å². The number of nitrogens with one attached hydrogen (secondary N) is 1. The molecule has 1 heterocycles. The number of para-hydroxylation sites is 1. The molecule has 5 nitrogen and oxygen atoms in total. The van der Waals surface area contributed by atoms with Gasteiger partial charge in [-0.3, -0.25) is 15.0 Å². The molecule has 1 aliphatic heterocycles. The lowest BCUT2D eigenvalue weighted by atomic mass is 9.97. The Labute approximate surface area is 126 Å². The van der Waals surface area contributed by atoms with Gasteiger partial charge in [0.2, 0.25) is 0 Å². The normalized spacial score (nSPS) is 18.1. The predicted molar refractivity (Wildman–Crippen MR) is 75.6 cm³/mol. The first kappa shape index (κ1) is 16.7. The van der Waals surface area contributed by atoms with Crippen molar-refractivity contribution >= 4 is 5.69 Å². The lowest BCUT2D eigenvalue weighted by Gasteiger charge is -2.35. The second kappa shape index (κ2) is 7.06. The van der Waals surface area contributed by atoms with E-state index in [0.717, 1.165) is 0 Å². The molecular weight excluding hydrogens is 299 g/mol. The smallest absolute Gasteiger partial charge is 0.314 e. The standard InChI is InChI=1S/C14H18F3N3O2/c15-14(16,17)6-5-12(19-9-7-18-8-10-19)11-3-1-2-4-13(11)20(21)22/h1-4,12,18H,5-10H2/t12-/m1/s1. The van der Waals surface area contributed by atoms with Gasteiger partial charge in [-0.05, 0) is 6.42 Å². The second-order valence-electron chi connectivity index (χ2n) is 5.27. The Balaban J connectivity index is 2.28. The van der Waals surface area contributed by atoms with E-state index in [-0.39, 0.29) is 12.1 Å². The summed E-state index contributed by atoms with van der Waals surface area (Å²) in [5.74, 6) is 0. The lowest BCUT2D eigenvalue weighted by Crippen LogP contribution is -2.45. The molecule has 0 unspecified atom stereocenters. The molecule has 1 fully saturated rings. The largest absolute Gasteiger partial charge is 0.389 e. The highest BCUT2D eigenvalue weighted by Gasteiger charge is 2.33. The molecule has 0 radical (unpaired) electrons. The number of halogens is 3. The fraction of sp³-hybridized carbons (Fsp3) is 0.571. The highest BCUT2D eigenvalue weighted by Crippen LogP contribution is 2.35. The van der Waals surface area contributed by atoms with E-state index in [1.165, 1.54) is 12.1 Å². The van der Waals surface area contributed by atoms with Crippen LogP contribution in [-0.4, -0.2) is 42.2 Å². The first-order chi connectivity index (χ1) is 10.4. The zero-order chi connectivity index (χ0) is 16.2. The third-order valence-corrected chi connectivity index (χ3v) is 3.79. The van der Waals surface area contributed by atoms with Gasteiger partial charge in [-0.2, -0.15) is 13.2 Å². The summed E-state index contributed by atoms with van der Waals surface area (Å²) in [6.07, 6.45) is -5.39. The number of nitro benzene ring substituents is 1. The Hall–Kier alpha value is -1.67. The minimum absolute atomic E-state index is 0.117. The van der Waals surface area contributed by atoms with Crippen LogP contribution >= 0.6 is 0 Å². The van der Waals surface area contributed by atoms with E-state index in [1.807, 2.05) is 4.90 Å². The molecule has 1 aromatic rings. The van der Waals surface area contributed by atoms with E-state index in [1.54, 1.807) is 12.1 Å². The third kappa shape index (κ3) is 4.41. The zero-order valence-electron chi connectivity index (χ0n) is 12.0. The Morgan fingerprint density at radius 2 is 1.91 bits per heavy atom. The van der Waals surface area contributed by atoms with Crippen molar-refractivity contribution in [2.24, 2.45) is 0 Å². The maximum atomic E-state index is 12.6. The summed E-state index contributed by atoms with van der Waals surface area (Å²) in [5, 5.41) is 14.3. The van der Waals surface area contributed by atoms with Crippen molar-refractivity contribution in [1.82, 2.24) is 10.2 Å². The lowest BCUT2D eigenvalue weighted by molar-refractivity contribution is -0.386. The zero-order valence-corrected chi connectivity index (χ0v) is 12.0. The van der Waals surface area contributed by atoms with Crippen molar-refractivity contribution in [2.45, 2.75) is 25.1 Å². The maximum Gasteiger partial charge on any atom is 0.389 e. The minimum Gasteiger partial charge on any atom is -0.314 e. The van der Waals surface area contributed by atoms with E-state index < -0.39 is 23.6 Å². The summed E-state index contributed by atoms with van der Waals surface area (Å²) in [5.41, 5.74) is 0.242. The van der Waals surface area contributed by atoms with Crippen molar-refractivity contribution in [3.05, 3.63) is 39.9 Å². The molecule has 1 aliphatic rings. The number of nitrogens with zero attached hydrogens (tertiary/aromatic N) is 2. The third-order valence-electron chi connectivity index (χ3n) is 3.79. The average Bonchev–Trinajstić information content (AvgIpc) is 2.48. The molecule has 8 heteroatoms. The van der Waals surface area contributed by atoms with E-state index in [9.17, 15) is 23.3 Å². The molecule has 22 heavy (non-hydrogen) atoms. The monoisotopic (exact) mass is 317 g/mol. The van der Waals surface area contributed by atoms with Crippen LogP contribution in [0.4, 0.5) is 18.9 Å². The number of alkyl halides is 3. The predicted octanol–water partition coefficient (Wildman–Crippen LogP) is 2.88. The number of hydrogen-bond acceptors (Lipinski definition) is 4. The van der Waals surface area contributed by atoms with Gasteiger partial charge in [0.15, 0.2) is 0 Å². The van der Waals surface area contributed by atoms with Crippen LogP contribution in [0.15, 0.2) is 24.3 Å². The summed E-state index contributed by atoms with van der Waals surface area (Å²) in [6.45, 7) is 2.50. The molecule has 1 aromatic carbocycles. The van der Waals surface area contributed by atoms with Crippen molar-refractivity contribution in [3.8, 4) is 0 Å². The van der Waals surface area contributed by atoms with Gasteiger partial charge in [0.1, 0.15) is 0 Å². The Morgan fingerprint density at radius 3 is 2.50 bits per heavy atom. The molecule has 1 atom stereocenters. The van der Waals surface area contributed by atoms with Crippen LogP contribution in [0, 0.1) is 10.1 Å². The van der Waals surface area contributed by atoms with Gasteiger partial charge in [-0.15, -0.1) is 0 Å². The molecule has 1 saturated heterocycles. The molecule has 0 amide bonds. The molecule has 2 rings (SSSR count). The van der Waals surface area contributed by atoms with Crippen LogP contribution in [0.3, 0.4) is 0 Å². The van der Waals surface area contributed by atoms with E-state index in [0.29, 0.717) is 31.7 Å². The number of benzene rings is 1. The van der Waals surface area contributed by atoms with Gasteiger partial charge in [-0.25, -0.2) is 0 Å². The summed E-state index contributed by atoms with van der Waals surface area (Å²) in [6, 6.07) is 5.47. The molecule has 0 spiro atoms. The fourth-order valence-electron chi connectivity index (χ4n) is 2.76. The minimum atomic E-state index is -4.27. The number of hydrogen-bond donors (Lipinski definition) is 1. The van der Waals surface area contributed by atoms with Crippen LogP contribution in [-0.2, 0) is 0 Å². The van der Waals surface area contributed by atoms with Gasteiger partial charge in [0.25, 0.3) is 5.69 Å². The SMILES string of the molecule is O=[N+]([O-])c1ccccc1[C@@H](CCC(F)(F)F)N1CCNCC1. The first-order valence-corrected chi connectivity index (χ1v) is 7.13. The van der Waals surface area contributed by atoms with Crippen molar-refractivity contribution < 1.29 is 18.1 Å². The maximum absolute atomic E-state index is 12.6. The Kier molecular flexibility index (Phi) is 5.36. The number of nitro groups is 1. The van der Waals surface area contributed by atoms with Crippen molar-refractivity contribution in [1.29, 1.82) is 0 Å². The van der Waals surface area contributed by atoms with Gasteiger partial charge >= 0.3 is 6.18 Å². The van der Waals surface area contributed by atoms with Crippen LogP contribution < -0.4 is 5.32 Å². The molecule has 122 valence electrons. The summed E-state index contributed by atoms with van der Waals surface area (Å²) < 4.78 is 37.8. The van der Waals surface area contributed by atoms with Crippen LogP contribution in [0.25, 0.3) is 0 Å². The van der Waals surface area contributed by atoms with Gasteiger partial charge < -0.3 is 5.32 Å². The second-order valence-corrected chi connectivity index (χ2v) is 5.27. The average molecular weight is 317 g/mol. The summed E-state index contributed by atoms with van der Waals surface area (Å²) >= 11 is 0. The summed E-state index contributed by atoms with van der Waals surface area (Å²) in [4.78, 5) is 12.5. The van der Waals surface area contributed by atoms with Crippen LogP contribution in [0.1, 0.15) is 24.4 Å². The van der Waals surface area contributed by atoms with Gasteiger partial charge in [0.05, 0.1) is 4.92 Å². The number of piperazine rings is 1. The van der Waals surface area contributed by atoms with Gasteiger partial charge in [-0.1, -0.05) is 18.2 Å². The molecule has 1 N–H and O–H groups in total. The van der Waals surface area contributed by atoms with Gasteiger partial charge in [0, 0.05) is 50.3 Å². The molecule has 0 saturated carbocycles. The van der Waals surface area contributed by atoms with Crippen LogP contribution in [0.5, 0.6) is 0 Å². The van der Waals surface area contributed by atoms with Crippen LogP contribution in [0.2, 0.25) is 0 Å². The van der Waals surface area contributed by atoms with Crippen molar-refractivity contribution in [3.63, 3.8) is 0 Å². The van der Waals surface area contributed by atoms with E-state index in [4.69, 9.17) is 0 Å². The number of rotatable bonds is 5. The quantitative estimate of drug-likeness (QED) is 0.670. The molecular formula is C14H18F3N3O2. The Bertz CT molecular complexity index is 516. The molecule has 0 aromatic heterocycles. The fourth-order valence-corrected chi connectivity index (χ4v) is 2.76. The molecule has 0 bridgehead atoms. The molecule has 0 aliphatic carbocycles. The highest BCUT2D eigenvalue weighted by atomic mass is 19.4. The van der Waals surface area contributed by atoms with Crippen molar-refractivity contribution in [2.75, 3.05) is 26.2 Å². The first-order valence-electron chi connectivity index (χ1n) is 7.13.